The molecular formula is C12H12N2O2S. The zero-order valence-electron chi connectivity index (χ0n) is 9.34. The van der Waals surface area contributed by atoms with Gasteiger partial charge in [-0.05, 0) is 25.1 Å². The number of nitrogens with one attached hydrogen (secondary N) is 1. The molecule has 2 rings (SSSR count). The molecule has 0 saturated heterocycles. The largest absolute Gasteiger partial charge is 0.465 e. The first-order valence-electron chi connectivity index (χ1n) is 5.14. The molecule has 0 atom stereocenters. The van der Waals surface area contributed by atoms with E-state index in [2.05, 4.69) is 10.3 Å². The molecule has 0 aromatic carbocycles. The second-order valence-corrected chi connectivity index (χ2v) is 4.39. The Hall–Kier alpha value is -1.88. The molecule has 1 amide bonds. The highest BCUT2D eigenvalue weighted by atomic mass is 32.1. The van der Waals surface area contributed by atoms with E-state index in [9.17, 15) is 4.79 Å². The normalized spacial score (nSPS) is 10.9. The van der Waals surface area contributed by atoms with Crippen LogP contribution in [0.3, 0.4) is 0 Å². The van der Waals surface area contributed by atoms with Crippen molar-refractivity contribution in [1.82, 2.24) is 10.3 Å². The van der Waals surface area contributed by atoms with E-state index in [1.165, 1.54) is 17.4 Å². The molecular weight excluding hydrogens is 236 g/mol. The highest BCUT2D eigenvalue weighted by Crippen LogP contribution is 2.07. The smallest absolute Gasteiger partial charge is 0.244 e. The number of nitrogens with zero attached hydrogens (tertiary/aromatic N) is 1. The Balaban J connectivity index is 1.82. The zero-order valence-corrected chi connectivity index (χ0v) is 10.2. The Morgan fingerprint density at radius 3 is 3.18 bits per heavy atom. The van der Waals surface area contributed by atoms with Gasteiger partial charge in [0.2, 0.25) is 5.91 Å². The van der Waals surface area contributed by atoms with Crippen molar-refractivity contribution in [1.29, 1.82) is 0 Å². The van der Waals surface area contributed by atoms with Crippen LogP contribution in [0, 0.1) is 6.92 Å². The minimum atomic E-state index is -0.158. The van der Waals surface area contributed by atoms with Crippen molar-refractivity contribution in [2.45, 2.75) is 13.5 Å². The number of amides is 1. The van der Waals surface area contributed by atoms with Crippen molar-refractivity contribution in [2.75, 3.05) is 0 Å². The first-order valence-corrected chi connectivity index (χ1v) is 6.02. The van der Waals surface area contributed by atoms with E-state index in [1.807, 2.05) is 12.3 Å². The minimum Gasteiger partial charge on any atom is -0.465 e. The van der Waals surface area contributed by atoms with E-state index < -0.39 is 0 Å². The summed E-state index contributed by atoms with van der Waals surface area (Å²) >= 11 is 1.54. The average molecular weight is 248 g/mol. The molecule has 0 saturated carbocycles. The fraction of sp³-hybridized carbons (Fsp3) is 0.167. The lowest BCUT2D eigenvalue weighted by molar-refractivity contribution is -0.116. The first-order chi connectivity index (χ1) is 8.24. The fourth-order valence-corrected chi connectivity index (χ4v) is 1.96. The summed E-state index contributed by atoms with van der Waals surface area (Å²) < 4.78 is 5.07. The van der Waals surface area contributed by atoms with Gasteiger partial charge in [0.15, 0.2) is 0 Å². The van der Waals surface area contributed by atoms with Crippen molar-refractivity contribution in [3.63, 3.8) is 0 Å². The van der Waals surface area contributed by atoms with Crippen LogP contribution in [0.15, 0.2) is 34.3 Å². The van der Waals surface area contributed by atoms with Gasteiger partial charge in [0.25, 0.3) is 0 Å². The van der Waals surface area contributed by atoms with Crippen LogP contribution in [0.1, 0.15) is 16.5 Å². The van der Waals surface area contributed by atoms with Crippen molar-refractivity contribution < 1.29 is 9.21 Å². The third-order valence-corrected chi connectivity index (χ3v) is 2.99. The highest BCUT2D eigenvalue weighted by Gasteiger charge is 2.00. The molecule has 2 aromatic rings. The van der Waals surface area contributed by atoms with Crippen LogP contribution in [0.25, 0.3) is 6.08 Å². The van der Waals surface area contributed by atoms with Crippen molar-refractivity contribution in [3.05, 3.63) is 46.3 Å². The SMILES string of the molecule is Cc1csc(CNC(=O)/C=C/c2ccco2)n1. The number of furan rings is 1. The van der Waals surface area contributed by atoms with E-state index in [0.717, 1.165) is 10.7 Å². The van der Waals surface area contributed by atoms with Crippen LogP contribution in [-0.4, -0.2) is 10.9 Å². The zero-order chi connectivity index (χ0) is 12.1. The van der Waals surface area contributed by atoms with E-state index >= 15 is 0 Å². The van der Waals surface area contributed by atoms with Crippen LogP contribution in [0.2, 0.25) is 0 Å². The Kier molecular flexibility index (Phi) is 3.72. The second-order valence-electron chi connectivity index (χ2n) is 3.45. The number of thiazole rings is 1. The molecule has 0 spiro atoms. The molecule has 0 aliphatic carbocycles. The number of rotatable bonds is 4. The second kappa shape index (κ2) is 5.45. The molecule has 0 aliphatic rings. The van der Waals surface area contributed by atoms with E-state index in [0.29, 0.717) is 12.3 Å². The monoisotopic (exact) mass is 248 g/mol. The summed E-state index contributed by atoms with van der Waals surface area (Å²) in [6.45, 7) is 2.39. The minimum absolute atomic E-state index is 0.158. The molecule has 88 valence electrons. The number of carbonyl (C=O) groups is 1. The molecule has 2 aromatic heterocycles. The molecule has 17 heavy (non-hydrogen) atoms. The quantitative estimate of drug-likeness (QED) is 0.845. The first kappa shape index (κ1) is 11.6. The summed E-state index contributed by atoms with van der Waals surface area (Å²) in [5.74, 6) is 0.500. The van der Waals surface area contributed by atoms with Crippen molar-refractivity contribution in [3.8, 4) is 0 Å². The predicted molar refractivity (Wildman–Crippen MR) is 66.4 cm³/mol. The van der Waals surface area contributed by atoms with Gasteiger partial charge in [-0.1, -0.05) is 0 Å². The van der Waals surface area contributed by atoms with Gasteiger partial charge >= 0.3 is 0 Å². The molecule has 5 heteroatoms. The number of carbonyl (C=O) groups excluding carboxylic acids is 1. The molecule has 0 bridgehead atoms. The highest BCUT2D eigenvalue weighted by molar-refractivity contribution is 7.09. The van der Waals surface area contributed by atoms with Gasteiger partial charge in [-0.2, -0.15) is 0 Å². The Bertz CT molecular complexity index is 514. The van der Waals surface area contributed by atoms with E-state index in [-0.39, 0.29) is 5.91 Å². The standard InChI is InChI=1S/C12H12N2O2S/c1-9-8-17-12(14-9)7-13-11(15)5-4-10-3-2-6-16-10/h2-6,8H,7H2,1H3,(H,13,15)/b5-4+. The Morgan fingerprint density at radius 1 is 1.65 bits per heavy atom. The topological polar surface area (TPSA) is 55.1 Å². The van der Waals surface area contributed by atoms with Gasteiger partial charge in [0, 0.05) is 17.2 Å². The maximum Gasteiger partial charge on any atom is 0.244 e. The molecule has 1 N–H and O–H groups in total. The van der Waals surface area contributed by atoms with Crippen molar-refractivity contribution in [2.24, 2.45) is 0 Å². The molecule has 0 unspecified atom stereocenters. The Morgan fingerprint density at radius 2 is 2.53 bits per heavy atom. The molecule has 0 aliphatic heterocycles. The van der Waals surface area contributed by atoms with Gasteiger partial charge in [-0.15, -0.1) is 11.3 Å². The van der Waals surface area contributed by atoms with Gasteiger partial charge in [0.1, 0.15) is 10.8 Å². The van der Waals surface area contributed by atoms with Crippen molar-refractivity contribution >= 4 is 23.3 Å². The van der Waals surface area contributed by atoms with E-state index in [1.54, 1.807) is 24.5 Å². The molecule has 0 radical (unpaired) electrons. The summed E-state index contributed by atoms with van der Waals surface area (Å²) in [5.41, 5.74) is 0.977. The summed E-state index contributed by atoms with van der Waals surface area (Å²) in [5, 5.41) is 5.62. The van der Waals surface area contributed by atoms with Gasteiger partial charge in [-0.3, -0.25) is 4.79 Å². The summed E-state index contributed by atoms with van der Waals surface area (Å²) in [6, 6.07) is 3.56. The summed E-state index contributed by atoms with van der Waals surface area (Å²) in [7, 11) is 0. The van der Waals surface area contributed by atoms with Crippen LogP contribution in [0.5, 0.6) is 0 Å². The van der Waals surface area contributed by atoms with E-state index in [4.69, 9.17) is 4.42 Å². The van der Waals surface area contributed by atoms with Crippen LogP contribution < -0.4 is 5.32 Å². The van der Waals surface area contributed by atoms with Gasteiger partial charge < -0.3 is 9.73 Å². The molecule has 4 nitrogen and oxygen atoms in total. The number of aromatic nitrogens is 1. The fourth-order valence-electron chi connectivity index (χ4n) is 1.25. The Labute approximate surface area is 103 Å². The number of aryl methyl sites for hydroxylation is 1. The third-order valence-electron chi connectivity index (χ3n) is 2.02. The lowest BCUT2D eigenvalue weighted by Gasteiger charge is -1.97. The number of hydrogen-bond donors (Lipinski definition) is 1. The lowest BCUT2D eigenvalue weighted by Crippen LogP contribution is -2.20. The maximum absolute atomic E-state index is 11.5. The maximum atomic E-state index is 11.5. The van der Waals surface area contributed by atoms with Gasteiger partial charge in [-0.25, -0.2) is 4.98 Å². The van der Waals surface area contributed by atoms with Gasteiger partial charge in [0.05, 0.1) is 12.8 Å². The number of hydrogen-bond acceptors (Lipinski definition) is 4. The van der Waals surface area contributed by atoms with Crippen LogP contribution in [0.4, 0.5) is 0 Å². The molecule has 2 heterocycles. The predicted octanol–water partition coefficient (Wildman–Crippen LogP) is 2.37. The summed E-state index contributed by atoms with van der Waals surface area (Å²) in [4.78, 5) is 15.7. The average Bonchev–Trinajstić information content (AvgIpc) is 2.95. The molecule has 0 fully saturated rings. The summed E-state index contributed by atoms with van der Waals surface area (Å²) in [6.07, 6.45) is 4.64. The van der Waals surface area contributed by atoms with Crippen LogP contribution >= 0.6 is 11.3 Å². The van der Waals surface area contributed by atoms with Crippen LogP contribution in [-0.2, 0) is 11.3 Å². The lowest BCUT2D eigenvalue weighted by atomic mass is 10.4. The third kappa shape index (κ3) is 3.57.